The SMILES string of the molecule is COc1cc(-c2nn[nH]n2)ccc1C(C)C. The standard InChI is InChI=1S/C11H14N4O/c1-7(2)9-5-4-8(6-10(9)16-3)11-12-14-15-13-11/h4-7H,1-3H3,(H,12,13,14,15). The Kier molecular flexibility index (Phi) is 2.85. The lowest BCUT2D eigenvalue weighted by Gasteiger charge is -2.12. The topological polar surface area (TPSA) is 63.7 Å². The van der Waals surface area contributed by atoms with E-state index >= 15 is 0 Å². The average molecular weight is 218 g/mol. The number of nitrogens with one attached hydrogen (secondary N) is 1. The van der Waals surface area contributed by atoms with Crippen LogP contribution >= 0.6 is 0 Å². The molecule has 2 rings (SSSR count). The second kappa shape index (κ2) is 4.30. The van der Waals surface area contributed by atoms with Crippen LogP contribution in [0.15, 0.2) is 18.2 Å². The van der Waals surface area contributed by atoms with E-state index in [1.807, 2.05) is 18.2 Å². The number of aromatic amines is 1. The fourth-order valence-electron chi connectivity index (χ4n) is 1.61. The van der Waals surface area contributed by atoms with Gasteiger partial charge in [-0.05, 0) is 22.8 Å². The van der Waals surface area contributed by atoms with Crippen molar-refractivity contribution in [1.82, 2.24) is 20.6 Å². The maximum absolute atomic E-state index is 5.36. The number of rotatable bonds is 3. The van der Waals surface area contributed by atoms with Crippen LogP contribution < -0.4 is 4.74 Å². The van der Waals surface area contributed by atoms with Crippen molar-refractivity contribution < 1.29 is 4.74 Å². The van der Waals surface area contributed by atoms with Gasteiger partial charge in [-0.25, -0.2) is 0 Å². The minimum absolute atomic E-state index is 0.425. The first kappa shape index (κ1) is 10.6. The number of hydrogen-bond donors (Lipinski definition) is 1. The highest BCUT2D eigenvalue weighted by atomic mass is 16.5. The molecule has 0 fully saturated rings. The second-order valence-corrected chi connectivity index (χ2v) is 3.85. The number of tetrazole rings is 1. The summed E-state index contributed by atoms with van der Waals surface area (Å²) in [5.41, 5.74) is 2.07. The highest BCUT2D eigenvalue weighted by molar-refractivity contribution is 5.58. The Bertz CT molecular complexity index is 465. The number of nitrogens with zero attached hydrogens (tertiary/aromatic N) is 3. The first-order valence-corrected chi connectivity index (χ1v) is 5.14. The van der Waals surface area contributed by atoms with Gasteiger partial charge in [-0.1, -0.05) is 26.0 Å². The molecule has 0 saturated heterocycles. The molecule has 0 aliphatic heterocycles. The van der Waals surface area contributed by atoms with E-state index in [9.17, 15) is 0 Å². The Labute approximate surface area is 93.8 Å². The van der Waals surface area contributed by atoms with E-state index < -0.39 is 0 Å². The molecule has 16 heavy (non-hydrogen) atoms. The minimum Gasteiger partial charge on any atom is -0.496 e. The molecule has 0 atom stereocenters. The summed E-state index contributed by atoms with van der Waals surface area (Å²) in [5, 5.41) is 13.8. The summed E-state index contributed by atoms with van der Waals surface area (Å²) in [4.78, 5) is 0. The fraction of sp³-hybridized carbons (Fsp3) is 0.364. The van der Waals surface area contributed by atoms with E-state index in [0.29, 0.717) is 11.7 Å². The van der Waals surface area contributed by atoms with Crippen molar-refractivity contribution in [3.05, 3.63) is 23.8 Å². The summed E-state index contributed by atoms with van der Waals surface area (Å²) in [6.45, 7) is 4.26. The number of aromatic nitrogens is 4. The van der Waals surface area contributed by atoms with E-state index in [4.69, 9.17) is 4.74 Å². The molecule has 0 bridgehead atoms. The van der Waals surface area contributed by atoms with Gasteiger partial charge in [0, 0.05) is 5.56 Å². The van der Waals surface area contributed by atoms with Crippen LogP contribution in [-0.2, 0) is 0 Å². The molecule has 0 saturated carbocycles. The zero-order valence-corrected chi connectivity index (χ0v) is 9.56. The van der Waals surface area contributed by atoms with Crippen LogP contribution in [0.2, 0.25) is 0 Å². The Hall–Kier alpha value is -1.91. The second-order valence-electron chi connectivity index (χ2n) is 3.85. The normalized spacial score (nSPS) is 10.8. The van der Waals surface area contributed by atoms with Crippen molar-refractivity contribution in [2.24, 2.45) is 0 Å². The van der Waals surface area contributed by atoms with Crippen molar-refractivity contribution in [2.45, 2.75) is 19.8 Å². The Morgan fingerprint density at radius 3 is 2.69 bits per heavy atom. The summed E-state index contributed by atoms with van der Waals surface area (Å²) in [6.07, 6.45) is 0. The predicted octanol–water partition coefficient (Wildman–Crippen LogP) is 2.00. The average Bonchev–Trinajstić information content (AvgIpc) is 2.81. The van der Waals surface area contributed by atoms with Crippen LogP contribution in [0.5, 0.6) is 5.75 Å². The fourth-order valence-corrected chi connectivity index (χ4v) is 1.61. The maximum atomic E-state index is 5.36. The lowest BCUT2D eigenvalue weighted by Crippen LogP contribution is -1.95. The molecule has 84 valence electrons. The van der Waals surface area contributed by atoms with Crippen molar-refractivity contribution in [2.75, 3.05) is 7.11 Å². The zero-order valence-electron chi connectivity index (χ0n) is 9.56. The Morgan fingerprint density at radius 2 is 2.12 bits per heavy atom. The monoisotopic (exact) mass is 218 g/mol. The van der Waals surface area contributed by atoms with Gasteiger partial charge < -0.3 is 4.74 Å². The zero-order chi connectivity index (χ0) is 11.5. The molecular weight excluding hydrogens is 204 g/mol. The molecule has 0 aliphatic rings. The van der Waals surface area contributed by atoms with E-state index in [0.717, 1.165) is 11.3 Å². The summed E-state index contributed by atoms with van der Waals surface area (Å²) in [7, 11) is 1.67. The van der Waals surface area contributed by atoms with Gasteiger partial charge in [0.1, 0.15) is 5.75 Å². The third kappa shape index (κ3) is 1.88. The van der Waals surface area contributed by atoms with E-state index in [-0.39, 0.29) is 0 Å². The van der Waals surface area contributed by atoms with Crippen molar-refractivity contribution in [1.29, 1.82) is 0 Å². The molecule has 1 aromatic heterocycles. The van der Waals surface area contributed by atoms with Crippen LogP contribution in [0.3, 0.4) is 0 Å². The first-order valence-electron chi connectivity index (χ1n) is 5.14. The third-order valence-electron chi connectivity index (χ3n) is 2.46. The first-order chi connectivity index (χ1) is 7.72. The molecule has 1 N–H and O–H groups in total. The largest absolute Gasteiger partial charge is 0.496 e. The van der Waals surface area contributed by atoms with Gasteiger partial charge in [0.15, 0.2) is 0 Å². The highest BCUT2D eigenvalue weighted by Crippen LogP contribution is 2.29. The van der Waals surface area contributed by atoms with E-state index in [1.165, 1.54) is 5.56 Å². The molecular formula is C11H14N4O. The van der Waals surface area contributed by atoms with Gasteiger partial charge in [0.25, 0.3) is 0 Å². The number of benzene rings is 1. The van der Waals surface area contributed by atoms with Crippen molar-refractivity contribution in [3.63, 3.8) is 0 Å². The summed E-state index contributed by atoms with van der Waals surface area (Å²) in [5.74, 6) is 1.86. The number of ether oxygens (including phenoxy) is 1. The smallest absolute Gasteiger partial charge is 0.204 e. The predicted molar refractivity (Wildman–Crippen MR) is 60.3 cm³/mol. The number of H-pyrrole nitrogens is 1. The summed E-state index contributed by atoms with van der Waals surface area (Å²) in [6, 6.07) is 5.94. The van der Waals surface area contributed by atoms with Crippen LogP contribution in [0.4, 0.5) is 0 Å². The van der Waals surface area contributed by atoms with Crippen LogP contribution in [-0.4, -0.2) is 27.7 Å². The van der Waals surface area contributed by atoms with Gasteiger partial charge in [-0.15, -0.1) is 10.2 Å². The van der Waals surface area contributed by atoms with Gasteiger partial charge in [0.05, 0.1) is 7.11 Å². The Balaban J connectivity index is 2.45. The summed E-state index contributed by atoms with van der Waals surface area (Å²) >= 11 is 0. The molecule has 0 radical (unpaired) electrons. The van der Waals surface area contributed by atoms with Gasteiger partial charge in [-0.2, -0.15) is 5.21 Å². The maximum Gasteiger partial charge on any atom is 0.204 e. The molecule has 1 heterocycles. The Morgan fingerprint density at radius 1 is 1.31 bits per heavy atom. The molecule has 5 nitrogen and oxygen atoms in total. The lowest BCUT2D eigenvalue weighted by atomic mass is 10.00. The number of methoxy groups -OCH3 is 1. The molecule has 5 heteroatoms. The van der Waals surface area contributed by atoms with Gasteiger partial charge in [0.2, 0.25) is 5.82 Å². The molecule has 1 aromatic carbocycles. The van der Waals surface area contributed by atoms with Crippen molar-refractivity contribution in [3.8, 4) is 17.1 Å². The van der Waals surface area contributed by atoms with E-state index in [1.54, 1.807) is 7.11 Å². The van der Waals surface area contributed by atoms with Crippen LogP contribution in [0, 0.1) is 0 Å². The molecule has 0 aliphatic carbocycles. The van der Waals surface area contributed by atoms with Crippen LogP contribution in [0.25, 0.3) is 11.4 Å². The number of hydrogen-bond acceptors (Lipinski definition) is 4. The van der Waals surface area contributed by atoms with Crippen molar-refractivity contribution >= 4 is 0 Å². The molecule has 0 amide bonds. The van der Waals surface area contributed by atoms with Gasteiger partial charge in [-0.3, -0.25) is 0 Å². The van der Waals surface area contributed by atoms with E-state index in [2.05, 4.69) is 34.5 Å². The molecule has 0 unspecified atom stereocenters. The third-order valence-corrected chi connectivity index (χ3v) is 2.46. The minimum atomic E-state index is 0.425. The lowest BCUT2D eigenvalue weighted by molar-refractivity contribution is 0.407. The quantitative estimate of drug-likeness (QED) is 0.855. The summed E-state index contributed by atoms with van der Waals surface area (Å²) < 4.78 is 5.36. The van der Waals surface area contributed by atoms with Gasteiger partial charge >= 0.3 is 0 Å². The molecule has 2 aromatic rings. The van der Waals surface area contributed by atoms with Crippen LogP contribution in [0.1, 0.15) is 25.3 Å². The molecule has 0 spiro atoms. The highest BCUT2D eigenvalue weighted by Gasteiger charge is 2.10.